The first kappa shape index (κ1) is 19.1. The first-order chi connectivity index (χ1) is 13.0. The summed E-state index contributed by atoms with van der Waals surface area (Å²) in [4.78, 5) is 28.3. The van der Waals surface area contributed by atoms with Gasteiger partial charge < -0.3 is 10.1 Å². The normalized spacial score (nSPS) is 10.4. The van der Waals surface area contributed by atoms with Crippen LogP contribution >= 0.6 is 22.9 Å². The summed E-state index contributed by atoms with van der Waals surface area (Å²) in [6.07, 6.45) is 0.0206. The number of aromatic nitrogens is 1. The van der Waals surface area contributed by atoms with Gasteiger partial charge in [0.1, 0.15) is 5.01 Å². The van der Waals surface area contributed by atoms with E-state index in [4.69, 9.17) is 16.3 Å². The molecule has 0 unspecified atom stereocenters. The van der Waals surface area contributed by atoms with Crippen molar-refractivity contribution in [1.82, 2.24) is 4.98 Å². The number of carbonyl (C=O) groups is 2. The molecule has 0 saturated carbocycles. The number of anilines is 1. The molecule has 1 amide bonds. The molecule has 0 radical (unpaired) electrons. The van der Waals surface area contributed by atoms with Crippen LogP contribution in [0.4, 0.5) is 5.69 Å². The monoisotopic (exact) mass is 400 g/mol. The summed E-state index contributed by atoms with van der Waals surface area (Å²) in [6.45, 7) is 1.66. The fraction of sp³-hybridized carbons (Fsp3) is 0.150. The molecule has 0 saturated heterocycles. The molecule has 5 nitrogen and oxygen atoms in total. The van der Waals surface area contributed by atoms with Gasteiger partial charge in [0.2, 0.25) is 0 Å². The number of aryl methyl sites for hydroxylation is 1. The number of benzene rings is 2. The van der Waals surface area contributed by atoms with Crippen molar-refractivity contribution in [1.29, 1.82) is 0 Å². The minimum atomic E-state index is -0.502. The van der Waals surface area contributed by atoms with E-state index in [2.05, 4.69) is 10.3 Å². The molecule has 0 fully saturated rings. The van der Waals surface area contributed by atoms with E-state index in [0.717, 1.165) is 16.1 Å². The van der Waals surface area contributed by atoms with Crippen LogP contribution in [0.5, 0.6) is 0 Å². The molecule has 0 atom stereocenters. The molecule has 0 aliphatic heterocycles. The fourth-order valence-electron chi connectivity index (χ4n) is 2.41. The number of carbonyl (C=O) groups excluding carboxylic acids is 2. The summed E-state index contributed by atoms with van der Waals surface area (Å²) >= 11 is 7.33. The molecule has 0 spiro atoms. The minimum absolute atomic E-state index is 0.0206. The molecule has 0 aliphatic rings. The summed E-state index contributed by atoms with van der Waals surface area (Å²) in [5, 5.41) is 5.80. The molecule has 1 heterocycles. The van der Waals surface area contributed by atoms with Crippen molar-refractivity contribution in [2.75, 3.05) is 11.9 Å². The molecule has 3 rings (SSSR count). The van der Waals surface area contributed by atoms with Crippen LogP contribution in [0.2, 0.25) is 5.02 Å². The maximum absolute atomic E-state index is 12.0. The summed E-state index contributed by atoms with van der Waals surface area (Å²) < 4.78 is 5.02. The highest BCUT2D eigenvalue weighted by molar-refractivity contribution is 7.13. The standard InChI is InChI=1S/C20H17ClN2O3S/c1-13-4-2-5-14(8-13)20-23-17(12-27-20)10-19(25)26-11-18(24)22-16-7-3-6-15(21)9-16/h2-9,12H,10-11H2,1H3,(H,22,24). The highest BCUT2D eigenvalue weighted by Crippen LogP contribution is 2.24. The number of esters is 1. The molecule has 2 aromatic carbocycles. The molecule has 1 aromatic heterocycles. The fourth-order valence-corrected chi connectivity index (χ4v) is 3.41. The van der Waals surface area contributed by atoms with Gasteiger partial charge in [-0.3, -0.25) is 9.59 Å². The Labute approximate surface area is 166 Å². The third-order valence-electron chi connectivity index (χ3n) is 3.61. The molecular weight excluding hydrogens is 384 g/mol. The Morgan fingerprint density at radius 1 is 1.19 bits per heavy atom. The van der Waals surface area contributed by atoms with Crippen molar-refractivity contribution in [3.8, 4) is 10.6 Å². The van der Waals surface area contributed by atoms with Crippen LogP contribution in [0, 0.1) is 6.92 Å². The second-order valence-corrected chi connectivity index (χ2v) is 7.20. The number of nitrogens with one attached hydrogen (secondary N) is 1. The first-order valence-corrected chi connectivity index (χ1v) is 9.48. The van der Waals surface area contributed by atoms with Crippen molar-refractivity contribution >= 4 is 40.5 Å². The number of amides is 1. The average molecular weight is 401 g/mol. The Bertz CT molecular complexity index is 971. The topological polar surface area (TPSA) is 68.3 Å². The highest BCUT2D eigenvalue weighted by Gasteiger charge is 2.12. The lowest BCUT2D eigenvalue weighted by Crippen LogP contribution is -2.21. The van der Waals surface area contributed by atoms with Crippen LogP contribution < -0.4 is 5.32 Å². The maximum atomic E-state index is 12.0. The molecule has 0 bridgehead atoms. The Morgan fingerprint density at radius 2 is 2.00 bits per heavy atom. The minimum Gasteiger partial charge on any atom is -0.455 e. The number of hydrogen-bond donors (Lipinski definition) is 1. The van der Waals surface area contributed by atoms with Crippen molar-refractivity contribution in [3.63, 3.8) is 0 Å². The van der Waals surface area contributed by atoms with Gasteiger partial charge in [0.15, 0.2) is 6.61 Å². The molecule has 0 aliphatic carbocycles. The van der Waals surface area contributed by atoms with Crippen LogP contribution in [0.25, 0.3) is 10.6 Å². The molecule has 7 heteroatoms. The maximum Gasteiger partial charge on any atom is 0.312 e. The predicted molar refractivity (Wildman–Crippen MR) is 107 cm³/mol. The Morgan fingerprint density at radius 3 is 2.78 bits per heavy atom. The van der Waals surface area contributed by atoms with Gasteiger partial charge in [-0.05, 0) is 31.2 Å². The van der Waals surface area contributed by atoms with E-state index in [1.807, 2.05) is 36.6 Å². The number of rotatable bonds is 6. The number of ether oxygens (including phenoxy) is 1. The molecular formula is C20H17ClN2O3S. The second-order valence-electron chi connectivity index (χ2n) is 5.91. The second kappa shape index (κ2) is 8.79. The van der Waals surface area contributed by atoms with E-state index in [-0.39, 0.29) is 13.0 Å². The summed E-state index contributed by atoms with van der Waals surface area (Å²) in [5.74, 6) is -0.929. The van der Waals surface area contributed by atoms with Gasteiger partial charge in [-0.2, -0.15) is 0 Å². The predicted octanol–water partition coefficient (Wildman–Crippen LogP) is 4.50. The van der Waals surface area contributed by atoms with Crippen molar-refractivity contribution in [2.24, 2.45) is 0 Å². The van der Waals surface area contributed by atoms with Crippen LogP contribution in [0.3, 0.4) is 0 Å². The van der Waals surface area contributed by atoms with Crippen molar-refractivity contribution in [3.05, 3.63) is 70.2 Å². The van der Waals surface area contributed by atoms with Gasteiger partial charge in [0.05, 0.1) is 12.1 Å². The van der Waals surface area contributed by atoms with Crippen molar-refractivity contribution in [2.45, 2.75) is 13.3 Å². The lowest BCUT2D eigenvalue weighted by Gasteiger charge is -2.06. The number of halogens is 1. The van der Waals surface area contributed by atoms with E-state index >= 15 is 0 Å². The third-order valence-corrected chi connectivity index (χ3v) is 4.79. The Kier molecular flexibility index (Phi) is 6.21. The quantitative estimate of drug-likeness (QED) is 0.619. The van der Waals surface area contributed by atoms with E-state index in [1.54, 1.807) is 24.3 Å². The largest absolute Gasteiger partial charge is 0.455 e. The van der Waals surface area contributed by atoms with Gasteiger partial charge >= 0.3 is 5.97 Å². The van der Waals surface area contributed by atoms with Gasteiger partial charge in [-0.15, -0.1) is 11.3 Å². The zero-order valence-corrected chi connectivity index (χ0v) is 16.1. The summed E-state index contributed by atoms with van der Waals surface area (Å²) in [5.41, 5.74) is 3.33. The van der Waals surface area contributed by atoms with Gasteiger partial charge in [-0.1, -0.05) is 41.4 Å². The van der Waals surface area contributed by atoms with Gasteiger partial charge in [0, 0.05) is 21.7 Å². The lowest BCUT2D eigenvalue weighted by molar-refractivity contribution is -0.146. The van der Waals surface area contributed by atoms with E-state index in [9.17, 15) is 9.59 Å². The molecule has 1 N–H and O–H groups in total. The zero-order valence-electron chi connectivity index (χ0n) is 14.6. The Balaban J connectivity index is 1.50. The highest BCUT2D eigenvalue weighted by atomic mass is 35.5. The Hall–Kier alpha value is -2.70. The van der Waals surface area contributed by atoms with Crippen molar-refractivity contribution < 1.29 is 14.3 Å². The average Bonchev–Trinajstić information content (AvgIpc) is 3.08. The summed E-state index contributed by atoms with van der Waals surface area (Å²) in [7, 11) is 0. The van der Waals surface area contributed by atoms with E-state index < -0.39 is 11.9 Å². The summed E-state index contributed by atoms with van der Waals surface area (Å²) in [6, 6.07) is 14.8. The molecule has 138 valence electrons. The lowest BCUT2D eigenvalue weighted by atomic mass is 10.1. The number of thiazole rings is 1. The van der Waals surface area contributed by atoms with Crippen LogP contribution in [-0.2, 0) is 20.7 Å². The molecule has 27 heavy (non-hydrogen) atoms. The number of hydrogen-bond acceptors (Lipinski definition) is 5. The number of nitrogens with zero attached hydrogens (tertiary/aromatic N) is 1. The SMILES string of the molecule is Cc1cccc(-c2nc(CC(=O)OCC(=O)Nc3cccc(Cl)c3)cs2)c1. The van der Waals surface area contributed by atoms with Gasteiger partial charge in [-0.25, -0.2) is 4.98 Å². The van der Waals surface area contributed by atoms with E-state index in [1.165, 1.54) is 11.3 Å². The van der Waals surface area contributed by atoms with Crippen LogP contribution in [0.1, 0.15) is 11.3 Å². The van der Waals surface area contributed by atoms with Gasteiger partial charge in [0.25, 0.3) is 5.91 Å². The first-order valence-electron chi connectivity index (χ1n) is 8.22. The third kappa shape index (κ3) is 5.64. The van der Waals surface area contributed by atoms with Crippen LogP contribution in [0.15, 0.2) is 53.9 Å². The molecule has 3 aromatic rings. The smallest absolute Gasteiger partial charge is 0.312 e. The van der Waals surface area contributed by atoms with E-state index in [0.29, 0.717) is 16.4 Å². The zero-order chi connectivity index (χ0) is 19.2. The van der Waals surface area contributed by atoms with Crippen LogP contribution in [-0.4, -0.2) is 23.5 Å².